The summed E-state index contributed by atoms with van der Waals surface area (Å²) in [5.74, 6) is -0.399. The van der Waals surface area contributed by atoms with Gasteiger partial charge in [-0.1, -0.05) is 25.3 Å². The van der Waals surface area contributed by atoms with Gasteiger partial charge in [0, 0.05) is 11.8 Å². The molecule has 3 fully saturated rings. The predicted octanol–water partition coefficient (Wildman–Crippen LogP) is 3.87. The van der Waals surface area contributed by atoms with E-state index >= 15 is 0 Å². The number of hydrogen-bond acceptors (Lipinski definition) is 3. The molecule has 23 heavy (non-hydrogen) atoms. The lowest BCUT2D eigenvalue weighted by molar-refractivity contribution is -0.234. The number of rotatable bonds is 1. The predicted molar refractivity (Wildman–Crippen MR) is 88.0 cm³/mol. The Bertz CT molecular complexity index is 650. The molecule has 1 aromatic rings. The van der Waals surface area contributed by atoms with Crippen molar-refractivity contribution in [3.63, 3.8) is 0 Å². The van der Waals surface area contributed by atoms with Crippen LogP contribution in [-0.2, 0) is 15.9 Å². The molecule has 4 heteroatoms. The fraction of sp³-hybridized carbons (Fsp3) is 0.737. The second kappa shape index (κ2) is 4.93. The standard InChI is InChI=1S/C19H26N2O2/c1-18-12-14-13-20-21(16-6-2-3-7-16)17(14)11-15(18)5-4-8-19(18)22-9-10-23-19/h11,13,16H,2-10,12H2,1H3. The van der Waals surface area contributed by atoms with Crippen LogP contribution in [0.5, 0.6) is 0 Å². The van der Waals surface area contributed by atoms with Crippen LogP contribution in [0.3, 0.4) is 0 Å². The molecule has 1 saturated heterocycles. The molecule has 1 spiro atoms. The monoisotopic (exact) mass is 314 g/mol. The van der Waals surface area contributed by atoms with E-state index in [4.69, 9.17) is 14.6 Å². The van der Waals surface area contributed by atoms with Gasteiger partial charge in [-0.15, -0.1) is 0 Å². The summed E-state index contributed by atoms with van der Waals surface area (Å²) in [5, 5.41) is 4.77. The molecule has 0 amide bonds. The van der Waals surface area contributed by atoms with E-state index in [-0.39, 0.29) is 5.41 Å². The maximum Gasteiger partial charge on any atom is 0.177 e. The second-order valence-electron chi connectivity index (χ2n) is 7.92. The highest BCUT2D eigenvalue weighted by molar-refractivity contribution is 5.60. The van der Waals surface area contributed by atoms with Gasteiger partial charge in [0.2, 0.25) is 0 Å². The highest BCUT2D eigenvalue weighted by Crippen LogP contribution is 2.56. The van der Waals surface area contributed by atoms with E-state index in [2.05, 4.69) is 23.9 Å². The first-order valence-electron chi connectivity index (χ1n) is 9.27. The van der Waals surface area contributed by atoms with E-state index in [1.54, 1.807) is 0 Å². The Morgan fingerprint density at radius 2 is 1.96 bits per heavy atom. The van der Waals surface area contributed by atoms with Crippen LogP contribution in [0.1, 0.15) is 69.2 Å². The summed E-state index contributed by atoms with van der Waals surface area (Å²) in [4.78, 5) is 0. The van der Waals surface area contributed by atoms with Gasteiger partial charge in [-0.25, -0.2) is 0 Å². The minimum Gasteiger partial charge on any atom is -0.347 e. The Hall–Kier alpha value is -1.13. The smallest absolute Gasteiger partial charge is 0.177 e. The Labute approximate surface area is 137 Å². The molecule has 2 saturated carbocycles. The third-order valence-corrected chi connectivity index (χ3v) is 6.69. The molecule has 0 bridgehead atoms. The van der Waals surface area contributed by atoms with Crippen LogP contribution in [0.15, 0.2) is 11.8 Å². The first kappa shape index (κ1) is 14.2. The summed E-state index contributed by atoms with van der Waals surface area (Å²) in [6, 6.07) is 0.608. The number of aromatic nitrogens is 2. The summed E-state index contributed by atoms with van der Waals surface area (Å²) in [6.45, 7) is 3.81. The van der Waals surface area contributed by atoms with E-state index in [1.165, 1.54) is 48.9 Å². The van der Waals surface area contributed by atoms with Gasteiger partial charge in [0.1, 0.15) is 0 Å². The SMILES string of the molecule is CC12Cc3cnn(C4CCCC4)c3C=C1CCCC21OCCO1. The second-order valence-corrected chi connectivity index (χ2v) is 7.92. The van der Waals surface area contributed by atoms with E-state index in [1.807, 2.05) is 0 Å². The lowest BCUT2D eigenvalue weighted by Gasteiger charge is -2.51. The molecule has 1 unspecified atom stereocenters. The van der Waals surface area contributed by atoms with Gasteiger partial charge in [-0.3, -0.25) is 4.68 Å². The largest absolute Gasteiger partial charge is 0.347 e. The topological polar surface area (TPSA) is 36.3 Å². The lowest BCUT2D eigenvalue weighted by atomic mass is 9.62. The van der Waals surface area contributed by atoms with Crippen LogP contribution in [0.4, 0.5) is 0 Å². The molecule has 1 aliphatic heterocycles. The van der Waals surface area contributed by atoms with Gasteiger partial charge < -0.3 is 9.47 Å². The van der Waals surface area contributed by atoms with Crippen molar-refractivity contribution in [2.75, 3.05) is 13.2 Å². The third kappa shape index (κ3) is 1.88. The van der Waals surface area contributed by atoms with Crippen molar-refractivity contribution in [3.8, 4) is 0 Å². The van der Waals surface area contributed by atoms with E-state index < -0.39 is 5.79 Å². The quantitative estimate of drug-likeness (QED) is 0.789. The van der Waals surface area contributed by atoms with E-state index in [0.717, 1.165) is 32.5 Å². The molecule has 5 rings (SSSR count). The van der Waals surface area contributed by atoms with Crippen LogP contribution in [0.25, 0.3) is 6.08 Å². The zero-order valence-electron chi connectivity index (χ0n) is 14.0. The molecule has 0 N–H and O–H groups in total. The first-order chi connectivity index (χ1) is 11.2. The van der Waals surface area contributed by atoms with E-state index in [9.17, 15) is 0 Å². The number of fused-ring (bicyclic) bond motifs is 3. The summed E-state index contributed by atoms with van der Waals surface area (Å²) in [5.41, 5.74) is 4.22. The first-order valence-corrected chi connectivity index (χ1v) is 9.27. The average molecular weight is 314 g/mol. The third-order valence-electron chi connectivity index (χ3n) is 6.69. The highest BCUT2D eigenvalue weighted by Gasteiger charge is 2.57. The Balaban J connectivity index is 1.57. The molecule has 1 atom stereocenters. The number of hydrogen-bond donors (Lipinski definition) is 0. The van der Waals surface area contributed by atoms with Crippen LogP contribution < -0.4 is 0 Å². The molecule has 124 valence electrons. The number of ether oxygens (including phenoxy) is 2. The molecule has 1 aromatic heterocycles. The Morgan fingerprint density at radius 3 is 2.74 bits per heavy atom. The fourth-order valence-electron chi connectivity index (χ4n) is 5.39. The van der Waals surface area contributed by atoms with Crippen molar-refractivity contribution in [2.24, 2.45) is 5.41 Å². The van der Waals surface area contributed by atoms with Gasteiger partial charge in [-0.05, 0) is 43.7 Å². The van der Waals surface area contributed by atoms with Crippen LogP contribution in [-0.4, -0.2) is 28.8 Å². The zero-order chi connectivity index (χ0) is 15.5. The minimum absolute atomic E-state index is 0.0295. The molecule has 0 aromatic carbocycles. The summed E-state index contributed by atoms with van der Waals surface area (Å²) < 4.78 is 14.7. The molecule has 0 radical (unpaired) electrons. The van der Waals surface area contributed by atoms with Crippen LogP contribution >= 0.6 is 0 Å². The van der Waals surface area contributed by atoms with Crippen molar-refractivity contribution in [3.05, 3.63) is 23.0 Å². The van der Waals surface area contributed by atoms with Crippen LogP contribution in [0, 0.1) is 5.41 Å². The van der Waals surface area contributed by atoms with Crippen molar-refractivity contribution >= 4 is 6.08 Å². The van der Waals surface area contributed by atoms with Gasteiger partial charge in [-0.2, -0.15) is 5.10 Å². The Morgan fingerprint density at radius 1 is 1.17 bits per heavy atom. The summed E-state index contributed by atoms with van der Waals surface area (Å²) >= 11 is 0. The zero-order valence-corrected chi connectivity index (χ0v) is 14.0. The lowest BCUT2D eigenvalue weighted by Crippen LogP contribution is -2.53. The van der Waals surface area contributed by atoms with Gasteiger partial charge >= 0.3 is 0 Å². The highest BCUT2D eigenvalue weighted by atomic mass is 16.7. The maximum atomic E-state index is 6.19. The normalized spacial score (nSPS) is 32.8. The summed E-state index contributed by atoms with van der Waals surface area (Å²) in [6.07, 6.45) is 14.1. The van der Waals surface area contributed by atoms with Crippen LogP contribution in [0.2, 0.25) is 0 Å². The van der Waals surface area contributed by atoms with E-state index in [0.29, 0.717) is 6.04 Å². The summed E-state index contributed by atoms with van der Waals surface area (Å²) in [7, 11) is 0. The molecule has 4 aliphatic rings. The van der Waals surface area contributed by atoms with Gasteiger partial charge in [0.15, 0.2) is 5.79 Å². The minimum atomic E-state index is -0.399. The van der Waals surface area contributed by atoms with Crippen molar-refractivity contribution in [2.45, 2.75) is 70.1 Å². The number of nitrogens with zero attached hydrogens (tertiary/aromatic N) is 2. The van der Waals surface area contributed by atoms with Crippen molar-refractivity contribution in [1.82, 2.24) is 9.78 Å². The average Bonchev–Trinajstić information content (AvgIpc) is 3.26. The molecule has 2 heterocycles. The fourth-order valence-corrected chi connectivity index (χ4v) is 5.39. The maximum absolute atomic E-state index is 6.19. The molecular formula is C19H26N2O2. The van der Waals surface area contributed by atoms with Gasteiger partial charge in [0.05, 0.1) is 31.1 Å². The molecular weight excluding hydrogens is 288 g/mol. The molecule has 4 nitrogen and oxygen atoms in total. The van der Waals surface area contributed by atoms with Crippen molar-refractivity contribution < 1.29 is 9.47 Å². The van der Waals surface area contributed by atoms with Crippen molar-refractivity contribution in [1.29, 1.82) is 0 Å². The molecule has 3 aliphatic carbocycles. The van der Waals surface area contributed by atoms with Gasteiger partial charge in [0.25, 0.3) is 0 Å². The Kier molecular flexibility index (Phi) is 3.05.